The molecule has 0 bridgehead atoms. The Hall–Kier alpha value is -3.48. The van der Waals surface area contributed by atoms with Gasteiger partial charge in [0.25, 0.3) is 5.91 Å². The lowest BCUT2D eigenvalue weighted by Gasteiger charge is -2.20. The average molecular weight is 382 g/mol. The number of amides is 2. The zero-order valence-electron chi connectivity index (χ0n) is 15.8. The summed E-state index contributed by atoms with van der Waals surface area (Å²) in [5, 5.41) is 5.38. The van der Waals surface area contributed by atoms with Crippen LogP contribution in [0.15, 0.2) is 42.5 Å². The van der Waals surface area contributed by atoms with Crippen LogP contribution in [-0.4, -0.2) is 39.2 Å². The van der Waals surface area contributed by atoms with Gasteiger partial charge in [-0.05, 0) is 41.5 Å². The molecule has 2 aromatic rings. The summed E-state index contributed by atoms with van der Waals surface area (Å²) < 4.78 is 16.5. The van der Waals surface area contributed by atoms with Gasteiger partial charge >= 0.3 is 0 Å². The Morgan fingerprint density at radius 3 is 2.61 bits per heavy atom. The predicted molar refractivity (Wildman–Crippen MR) is 105 cm³/mol. The van der Waals surface area contributed by atoms with Crippen molar-refractivity contribution in [2.24, 2.45) is 0 Å². The first kappa shape index (κ1) is 19.3. The molecule has 0 atom stereocenters. The highest BCUT2D eigenvalue weighted by Gasteiger charge is 2.17. The van der Waals surface area contributed by atoms with E-state index in [1.807, 2.05) is 0 Å². The topological polar surface area (TPSA) is 85.9 Å². The van der Waals surface area contributed by atoms with E-state index in [2.05, 4.69) is 10.6 Å². The van der Waals surface area contributed by atoms with Crippen molar-refractivity contribution in [1.29, 1.82) is 0 Å². The number of nitrogens with one attached hydrogen (secondary N) is 2. The molecule has 1 heterocycles. The van der Waals surface area contributed by atoms with Crippen molar-refractivity contribution >= 4 is 17.9 Å². The second-order valence-corrected chi connectivity index (χ2v) is 6.07. The fourth-order valence-electron chi connectivity index (χ4n) is 2.73. The third-order valence-corrected chi connectivity index (χ3v) is 4.19. The van der Waals surface area contributed by atoms with Crippen LogP contribution in [0, 0.1) is 0 Å². The number of carbonyl (C=O) groups excluding carboxylic acids is 2. The Bertz CT molecular complexity index is 873. The van der Waals surface area contributed by atoms with Gasteiger partial charge in [0.2, 0.25) is 11.7 Å². The lowest BCUT2D eigenvalue weighted by atomic mass is 10.1. The van der Waals surface area contributed by atoms with Crippen LogP contribution in [0.25, 0.3) is 6.08 Å². The molecule has 0 saturated carbocycles. The summed E-state index contributed by atoms with van der Waals surface area (Å²) in [6, 6.07) is 10.6. The first-order valence-corrected chi connectivity index (χ1v) is 8.85. The van der Waals surface area contributed by atoms with E-state index in [-0.39, 0.29) is 11.8 Å². The summed E-state index contributed by atoms with van der Waals surface area (Å²) in [6.07, 6.45) is 3.13. The number of hydrogen-bond donors (Lipinski definition) is 2. The molecule has 2 amide bonds. The van der Waals surface area contributed by atoms with Gasteiger partial charge in [0.15, 0.2) is 11.5 Å². The van der Waals surface area contributed by atoms with Gasteiger partial charge in [-0.3, -0.25) is 9.59 Å². The highest BCUT2D eigenvalue weighted by Crippen LogP contribution is 2.40. The lowest BCUT2D eigenvalue weighted by Crippen LogP contribution is -2.20. The lowest BCUT2D eigenvalue weighted by molar-refractivity contribution is -0.116. The summed E-state index contributed by atoms with van der Waals surface area (Å²) in [7, 11) is 3.14. The molecule has 1 aliphatic rings. The van der Waals surface area contributed by atoms with Crippen molar-refractivity contribution in [3.05, 3.63) is 59.2 Å². The molecule has 2 aromatic carbocycles. The quantitative estimate of drug-likeness (QED) is 0.748. The van der Waals surface area contributed by atoms with Crippen LogP contribution in [0.5, 0.6) is 17.2 Å². The summed E-state index contributed by atoms with van der Waals surface area (Å²) in [6.45, 7) is 1.31. The van der Waals surface area contributed by atoms with Crippen LogP contribution in [-0.2, 0) is 11.3 Å². The molecular formula is C21H22N2O5. The minimum atomic E-state index is -0.232. The van der Waals surface area contributed by atoms with E-state index in [0.717, 1.165) is 11.1 Å². The summed E-state index contributed by atoms with van der Waals surface area (Å²) in [5.41, 5.74) is 2.24. The smallest absolute Gasteiger partial charge is 0.251 e. The fourth-order valence-corrected chi connectivity index (χ4v) is 2.73. The van der Waals surface area contributed by atoms with Crippen molar-refractivity contribution in [1.82, 2.24) is 10.6 Å². The van der Waals surface area contributed by atoms with E-state index in [4.69, 9.17) is 14.2 Å². The average Bonchev–Trinajstić information content (AvgIpc) is 2.75. The number of methoxy groups -OCH3 is 1. The van der Waals surface area contributed by atoms with Crippen LogP contribution >= 0.6 is 0 Å². The maximum Gasteiger partial charge on any atom is 0.251 e. The van der Waals surface area contributed by atoms with Crippen LogP contribution in [0.3, 0.4) is 0 Å². The van der Waals surface area contributed by atoms with Gasteiger partial charge in [0.1, 0.15) is 13.2 Å². The number of rotatable bonds is 6. The summed E-state index contributed by atoms with van der Waals surface area (Å²) in [5.74, 6) is 1.36. The zero-order chi connectivity index (χ0) is 19.9. The van der Waals surface area contributed by atoms with E-state index in [1.165, 1.54) is 6.08 Å². The third kappa shape index (κ3) is 4.62. The van der Waals surface area contributed by atoms with Crippen LogP contribution in [0.1, 0.15) is 21.5 Å². The molecule has 0 spiro atoms. The molecule has 7 heteroatoms. The molecule has 3 rings (SSSR count). The predicted octanol–water partition coefficient (Wildman–Crippen LogP) is 2.16. The highest BCUT2D eigenvalue weighted by molar-refractivity contribution is 5.94. The highest BCUT2D eigenvalue weighted by atomic mass is 16.6. The van der Waals surface area contributed by atoms with Gasteiger partial charge in [0.05, 0.1) is 7.11 Å². The van der Waals surface area contributed by atoms with Gasteiger partial charge < -0.3 is 24.8 Å². The first-order chi connectivity index (χ1) is 13.6. The van der Waals surface area contributed by atoms with E-state index in [1.54, 1.807) is 56.6 Å². The number of ether oxygens (including phenoxy) is 3. The molecule has 0 radical (unpaired) electrons. The fraction of sp³-hybridized carbons (Fsp3) is 0.238. The van der Waals surface area contributed by atoms with E-state index in [0.29, 0.717) is 42.6 Å². The molecule has 0 fully saturated rings. The second-order valence-electron chi connectivity index (χ2n) is 6.07. The molecule has 1 aliphatic heterocycles. The van der Waals surface area contributed by atoms with Gasteiger partial charge in [-0.25, -0.2) is 0 Å². The monoisotopic (exact) mass is 382 g/mol. The Balaban J connectivity index is 1.60. The summed E-state index contributed by atoms with van der Waals surface area (Å²) >= 11 is 0. The number of carbonyl (C=O) groups is 2. The van der Waals surface area contributed by atoms with Crippen LogP contribution in [0.4, 0.5) is 0 Å². The first-order valence-electron chi connectivity index (χ1n) is 8.85. The van der Waals surface area contributed by atoms with Crippen LogP contribution in [0.2, 0.25) is 0 Å². The number of fused-ring (bicyclic) bond motifs is 1. The molecule has 0 aromatic heterocycles. The Kier molecular flexibility index (Phi) is 6.16. The van der Waals surface area contributed by atoms with E-state index in [9.17, 15) is 9.59 Å². The largest absolute Gasteiger partial charge is 0.493 e. The zero-order valence-corrected chi connectivity index (χ0v) is 15.8. The minimum Gasteiger partial charge on any atom is -0.493 e. The van der Waals surface area contributed by atoms with Gasteiger partial charge in [-0.15, -0.1) is 0 Å². The van der Waals surface area contributed by atoms with Crippen molar-refractivity contribution < 1.29 is 23.8 Å². The molecule has 146 valence electrons. The molecule has 0 aliphatic carbocycles. The second kappa shape index (κ2) is 8.94. The molecular weight excluding hydrogens is 360 g/mol. The van der Waals surface area contributed by atoms with Crippen molar-refractivity contribution in [2.45, 2.75) is 6.54 Å². The van der Waals surface area contributed by atoms with E-state index >= 15 is 0 Å². The molecule has 0 saturated heterocycles. The maximum absolute atomic E-state index is 12.1. The van der Waals surface area contributed by atoms with Crippen molar-refractivity contribution in [3.63, 3.8) is 0 Å². The third-order valence-electron chi connectivity index (χ3n) is 4.19. The SMILES string of the molecule is CNC(=O)c1ccc(CNC(=O)/C=C/c2cc(OC)c3c(c2)OCCO3)cc1. The molecule has 7 nitrogen and oxygen atoms in total. The number of hydrogen-bond acceptors (Lipinski definition) is 5. The summed E-state index contributed by atoms with van der Waals surface area (Å²) in [4.78, 5) is 23.6. The van der Waals surface area contributed by atoms with Crippen LogP contribution < -0.4 is 24.8 Å². The normalized spacial score (nSPS) is 12.5. The van der Waals surface area contributed by atoms with E-state index < -0.39 is 0 Å². The van der Waals surface area contributed by atoms with Crippen molar-refractivity contribution in [2.75, 3.05) is 27.4 Å². The molecule has 0 unspecified atom stereocenters. The molecule has 28 heavy (non-hydrogen) atoms. The number of benzene rings is 2. The Morgan fingerprint density at radius 1 is 1.14 bits per heavy atom. The maximum atomic E-state index is 12.1. The van der Waals surface area contributed by atoms with Crippen molar-refractivity contribution in [3.8, 4) is 17.2 Å². The van der Waals surface area contributed by atoms with Gasteiger partial charge in [-0.2, -0.15) is 0 Å². The Labute approximate surface area is 163 Å². The van der Waals surface area contributed by atoms with Gasteiger partial charge in [0, 0.05) is 25.2 Å². The molecule has 2 N–H and O–H groups in total. The van der Waals surface area contributed by atoms with Gasteiger partial charge in [-0.1, -0.05) is 12.1 Å². The standard InChI is InChI=1S/C21H22N2O5/c1-22-21(25)16-6-3-14(4-7-16)13-23-19(24)8-5-15-11-17(26-2)20-18(12-15)27-9-10-28-20/h3-8,11-12H,9-10,13H2,1-2H3,(H,22,25)(H,23,24)/b8-5+. The minimum absolute atomic E-state index is 0.145. The Morgan fingerprint density at radius 2 is 1.89 bits per heavy atom.